The second-order valence-corrected chi connectivity index (χ2v) is 5.27. The van der Waals surface area contributed by atoms with Crippen molar-refractivity contribution in [3.63, 3.8) is 0 Å². The Bertz CT molecular complexity index is 796. The van der Waals surface area contributed by atoms with Crippen molar-refractivity contribution in [3.8, 4) is 5.75 Å². The molecule has 3 rings (SSSR count). The van der Waals surface area contributed by atoms with Crippen LogP contribution in [-0.2, 0) is 7.05 Å². The van der Waals surface area contributed by atoms with Gasteiger partial charge in [-0.25, -0.2) is 9.97 Å². The predicted octanol–water partition coefficient (Wildman–Crippen LogP) is 2.47. The zero-order valence-corrected chi connectivity index (χ0v) is 13.0. The molecule has 0 saturated heterocycles. The van der Waals surface area contributed by atoms with Crippen LogP contribution in [-0.4, -0.2) is 32.9 Å². The highest BCUT2D eigenvalue weighted by atomic mass is 16.5. The Morgan fingerprint density at radius 3 is 2.91 bits per heavy atom. The third-order valence-corrected chi connectivity index (χ3v) is 3.51. The molecule has 0 aliphatic rings. The standard InChI is InChI=1S/C16H19N5O/c1-11-4-5-14(12(2)8-11)22-7-6-17-15-13-9-20-21(3)16(13)19-10-18-15/h4-5,8-10H,6-7H2,1-3H3,(H,17,18,19). The third-order valence-electron chi connectivity index (χ3n) is 3.51. The van der Waals surface area contributed by atoms with E-state index < -0.39 is 0 Å². The van der Waals surface area contributed by atoms with Crippen molar-refractivity contribution in [3.05, 3.63) is 41.9 Å². The molecule has 6 nitrogen and oxygen atoms in total. The van der Waals surface area contributed by atoms with Crippen LogP contribution in [0.15, 0.2) is 30.7 Å². The van der Waals surface area contributed by atoms with Crippen LogP contribution in [0, 0.1) is 13.8 Å². The Labute approximate surface area is 129 Å². The van der Waals surface area contributed by atoms with E-state index in [4.69, 9.17) is 4.74 Å². The maximum Gasteiger partial charge on any atom is 0.163 e. The van der Waals surface area contributed by atoms with Gasteiger partial charge < -0.3 is 10.1 Å². The number of hydrogen-bond donors (Lipinski definition) is 1. The van der Waals surface area contributed by atoms with Crippen molar-refractivity contribution in [2.45, 2.75) is 13.8 Å². The lowest BCUT2D eigenvalue weighted by molar-refractivity contribution is 0.330. The molecule has 114 valence electrons. The molecule has 2 aromatic heterocycles. The molecule has 6 heteroatoms. The number of benzene rings is 1. The van der Waals surface area contributed by atoms with Crippen molar-refractivity contribution < 1.29 is 4.74 Å². The van der Waals surface area contributed by atoms with Crippen LogP contribution in [0.1, 0.15) is 11.1 Å². The highest BCUT2D eigenvalue weighted by molar-refractivity contribution is 5.85. The van der Waals surface area contributed by atoms with Gasteiger partial charge in [-0.3, -0.25) is 4.68 Å². The zero-order chi connectivity index (χ0) is 15.5. The lowest BCUT2D eigenvalue weighted by Gasteiger charge is -2.11. The molecule has 0 unspecified atom stereocenters. The Balaban J connectivity index is 1.61. The van der Waals surface area contributed by atoms with Gasteiger partial charge in [0.25, 0.3) is 0 Å². The first-order valence-corrected chi connectivity index (χ1v) is 7.22. The molecule has 2 heterocycles. The Morgan fingerprint density at radius 1 is 1.23 bits per heavy atom. The summed E-state index contributed by atoms with van der Waals surface area (Å²) in [6, 6.07) is 6.18. The van der Waals surface area contributed by atoms with Gasteiger partial charge in [0.2, 0.25) is 0 Å². The lowest BCUT2D eigenvalue weighted by Crippen LogP contribution is -2.13. The van der Waals surface area contributed by atoms with Gasteiger partial charge in [0.05, 0.1) is 18.1 Å². The van der Waals surface area contributed by atoms with Gasteiger partial charge in [-0.05, 0) is 25.5 Å². The molecule has 0 spiro atoms. The molecular weight excluding hydrogens is 278 g/mol. The summed E-state index contributed by atoms with van der Waals surface area (Å²) in [6.07, 6.45) is 3.31. The summed E-state index contributed by atoms with van der Waals surface area (Å²) in [5.41, 5.74) is 3.20. The van der Waals surface area contributed by atoms with E-state index in [2.05, 4.69) is 46.4 Å². The summed E-state index contributed by atoms with van der Waals surface area (Å²) in [5, 5.41) is 8.38. The number of nitrogens with zero attached hydrogens (tertiary/aromatic N) is 4. The fourth-order valence-electron chi connectivity index (χ4n) is 2.39. The molecule has 1 N–H and O–H groups in total. The van der Waals surface area contributed by atoms with Crippen LogP contribution in [0.5, 0.6) is 5.75 Å². The van der Waals surface area contributed by atoms with Gasteiger partial charge >= 0.3 is 0 Å². The summed E-state index contributed by atoms with van der Waals surface area (Å²) in [5.74, 6) is 1.70. The molecule has 1 aromatic carbocycles. The molecule has 0 radical (unpaired) electrons. The van der Waals surface area contributed by atoms with Crippen molar-refractivity contribution in [2.75, 3.05) is 18.5 Å². The molecule has 0 amide bonds. The molecule has 0 aliphatic heterocycles. The largest absolute Gasteiger partial charge is 0.491 e. The molecule has 0 fully saturated rings. The summed E-state index contributed by atoms with van der Waals surface area (Å²) in [6.45, 7) is 5.36. The summed E-state index contributed by atoms with van der Waals surface area (Å²) < 4.78 is 7.53. The first-order valence-electron chi connectivity index (χ1n) is 7.22. The maximum atomic E-state index is 5.80. The van der Waals surface area contributed by atoms with Crippen LogP contribution in [0.25, 0.3) is 11.0 Å². The zero-order valence-electron chi connectivity index (χ0n) is 13.0. The number of ether oxygens (including phenoxy) is 1. The van der Waals surface area contributed by atoms with Crippen LogP contribution in [0.3, 0.4) is 0 Å². The molecule has 0 saturated carbocycles. The van der Waals surface area contributed by atoms with E-state index in [-0.39, 0.29) is 0 Å². The second kappa shape index (κ2) is 6.01. The van der Waals surface area contributed by atoms with Crippen LogP contribution in [0.2, 0.25) is 0 Å². The number of fused-ring (bicyclic) bond motifs is 1. The lowest BCUT2D eigenvalue weighted by atomic mass is 10.1. The van der Waals surface area contributed by atoms with Crippen LogP contribution in [0.4, 0.5) is 5.82 Å². The summed E-state index contributed by atoms with van der Waals surface area (Å²) in [4.78, 5) is 8.48. The van der Waals surface area contributed by atoms with Crippen LogP contribution < -0.4 is 10.1 Å². The van der Waals surface area contributed by atoms with E-state index >= 15 is 0 Å². The highest BCUT2D eigenvalue weighted by Gasteiger charge is 2.07. The van der Waals surface area contributed by atoms with E-state index in [1.54, 1.807) is 10.9 Å². The second-order valence-electron chi connectivity index (χ2n) is 5.27. The van der Waals surface area contributed by atoms with E-state index in [1.165, 1.54) is 11.9 Å². The Morgan fingerprint density at radius 2 is 2.09 bits per heavy atom. The van der Waals surface area contributed by atoms with Gasteiger partial charge in [-0.15, -0.1) is 0 Å². The number of aromatic nitrogens is 4. The third kappa shape index (κ3) is 2.86. The first-order chi connectivity index (χ1) is 10.6. The predicted molar refractivity (Wildman–Crippen MR) is 86.2 cm³/mol. The van der Waals surface area contributed by atoms with Crippen molar-refractivity contribution in [1.82, 2.24) is 19.7 Å². The number of nitrogens with one attached hydrogen (secondary N) is 1. The molecular formula is C16H19N5O. The topological polar surface area (TPSA) is 64.9 Å². The minimum absolute atomic E-state index is 0.565. The van der Waals surface area contributed by atoms with E-state index in [1.807, 2.05) is 13.1 Å². The summed E-state index contributed by atoms with van der Waals surface area (Å²) >= 11 is 0. The number of aryl methyl sites for hydroxylation is 3. The van der Waals surface area contributed by atoms with E-state index in [0.717, 1.165) is 28.2 Å². The average Bonchev–Trinajstić information content (AvgIpc) is 2.88. The van der Waals surface area contributed by atoms with Gasteiger partial charge in [0.15, 0.2) is 5.65 Å². The van der Waals surface area contributed by atoms with E-state index in [9.17, 15) is 0 Å². The van der Waals surface area contributed by atoms with Crippen molar-refractivity contribution in [2.24, 2.45) is 7.05 Å². The quantitative estimate of drug-likeness (QED) is 0.733. The minimum Gasteiger partial charge on any atom is -0.491 e. The van der Waals surface area contributed by atoms with Gasteiger partial charge in [-0.2, -0.15) is 5.10 Å². The van der Waals surface area contributed by atoms with Gasteiger partial charge in [-0.1, -0.05) is 17.7 Å². The number of anilines is 1. The fraction of sp³-hybridized carbons (Fsp3) is 0.312. The normalized spacial score (nSPS) is 10.9. The molecule has 0 atom stereocenters. The smallest absolute Gasteiger partial charge is 0.163 e. The molecule has 3 aromatic rings. The highest BCUT2D eigenvalue weighted by Crippen LogP contribution is 2.19. The van der Waals surface area contributed by atoms with Crippen LogP contribution >= 0.6 is 0 Å². The minimum atomic E-state index is 0.565. The van der Waals surface area contributed by atoms with Gasteiger partial charge in [0.1, 0.15) is 24.5 Å². The first kappa shape index (κ1) is 14.3. The molecule has 22 heavy (non-hydrogen) atoms. The van der Waals surface area contributed by atoms with E-state index in [0.29, 0.717) is 13.2 Å². The number of hydrogen-bond acceptors (Lipinski definition) is 5. The number of rotatable bonds is 5. The molecule has 0 bridgehead atoms. The SMILES string of the molecule is Cc1ccc(OCCNc2ncnc3c2cnn3C)c(C)c1. The van der Waals surface area contributed by atoms with Crippen molar-refractivity contribution >= 4 is 16.9 Å². The molecule has 0 aliphatic carbocycles. The Kier molecular flexibility index (Phi) is 3.91. The maximum absolute atomic E-state index is 5.80. The summed E-state index contributed by atoms with van der Waals surface area (Å²) in [7, 11) is 1.86. The Hall–Kier alpha value is -2.63. The van der Waals surface area contributed by atoms with Crippen molar-refractivity contribution in [1.29, 1.82) is 0 Å². The fourth-order valence-corrected chi connectivity index (χ4v) is 2.39. The monoisotopic (exact) mass is 297 g/mol. The van der Waals surface area contributed by atoms with Gasteiger partial charge in [0, 0.05) is 7.05 Å². The average molecular weight is 297 g/mol.